The van der Waals surface area contributed by atoms with Gasteiger partial charge < -0.3 is 0 Å². The van der Waals surface area contributed by atoms with Gasteiger partial charge in [0, 0.05) is 10.0 Å². The maximum absolute atomic E-state index is 12.1. The fraction of sp³-hybridized carbons (Fsp3) is 0.250. The van der Waals surface area contributed by atoms with E-state index in [0.717, 1.165) is 12.1 Å². The molecule has 0 radical (unpaired) electrons. The number of sulfonamides is 1. The summed E-state index contributed by atoms with van der Waals surface area (Å²) in [7, 11) is -5.46. The van der Waals surface area contributed by atoms with Crippen molar-refractivity contribution in [2.24, 2.45) is 0 Å². The summed E-state index contributed by atoms with van der Waals surface area (Å²) in [5.41, 5.74) is -5.29. The zero-order chi connectivity index (χ0) is 13.4. The second kappa shape index (κ2) is 4.55. The predicted molar refractivity (Wildman–Crippen MR) is 59.8 cm³/mol. The lowest BCUT2D eigenvalue weighted by molar-refractivity contribution is -0.0429. The highest BCUT2D eigenvalue weighted by Crippen LogP contribution is 2.31. The van der Waals surface area contributed by atoms with Crippen LogP contribution in [0.15, 0.2) is 12.1 Å². The van der Waals surface area contributed by atoms with Crippen molar-refractivity contribution in [1.82, 2.24) is 0 Å². The van der Waals surface area contributed by atoms with Crippen LogP contribution in [0.1, 0.15) is 5.56 Å². The van der Waals surface area contributed by atoms with Gasteiger partial charge in [0.2, 0.25) is 0 Å². The highest BCUT2D eigenvalue weighted by atomic mass is 35.5. The lowest BCUT2D eigenvalue weighted by Crippen LogP contribution is -2.29. The van der Waals surface area contributed by atoms with Crippen LogP contribution in [-0.4, -0.2) is 13.9 Å². The molecule has 0 aromatic heterocycles. The molecule has 1 rings (SSSR count). The number of rotatable bonds is 2. The summed E-state index contributed by atoms with van der Waals surface area (Å²) in [6.07, 6.45) is 0. The zero-order valence-corrected chi connectivity index (χ0v) is 10.6. The van der Waals surface area contributed by atoms with Gasteiger partial charge in [-0.2, -0.15) is 21.6 Å². The molecule has 0 atom stereocenters. The molecule has 0 heterocycles. The van der Waals surface area contributed by atoms with Gasteiger partial charge in [-0.25, -0.2) is 0 Å². The molecule has 1 aromatic rings. The number of hydrogen-bond acceptors (Lipinski definition) is 2. The van der Waals surface area contributed by atoms with E-state index in [1.807, 2.05) is 0 Å². The molecule has 0 fully saturated rings. The molecule has 0 saturated carbocycles. The van der Waals surface area contributed by atoms with Crippen molar-refractivity contribution >= 4 is 38.9 Å². The Labute approximate surface area is 106 Å². The monoisotopic (exact) mass is 307 g/mol. The molecule has 0 aliphatic heterocycles. The van der Waals surface area contributed by atoms with E-state index in [0.29, 0.717) is 5.56 Å². The minimum atomic E-state index is -5.46. The largest absolute Gasteiger partial charge is 0.516 e. The van der Waals surface area contributed by atoms with Crippen molar-refractivity contribution < 1.29 is 21.6 Å². The molecule has 1 N–H and O–H groups in total. The van der Waals surface area contributed by atoms with Gasteiger partial charge in [-0.15, -0.1) is 0 Å². The third-order valence-corrected chi connectivity index (χ3v) is 3.74. The highest BCUT2D eigenvalue weighted by Gasteiger charge is 2.46. The molecular formula is C8H6Cl2F3NO2S. The fourth-order valence-electron chi connectivity index (χ4n) is 0.917. The molecule has 0 spiro atoms. The van der Waals surface area contributed by atoms with E-state index < -0.39 is 15.5 Å². The predicted octanol–water partition coefficient (Wildman–Crippen LogP) is 3.56. The number of hydrogen-bond donors (Lipinski definition) is 1. The van der Waals surface area contributed by atoms with Crippen molar-refractivity contribution in [2.45, 2.75) is 12.4 Å². The maximum atomic E-state index is 12.1. The van der Waals surface area contributed by atoms with E-state index in [4.69, 9.17) is 23.2 Å². The fourth-order valence-corrected chi connectivity index (χ4v) is 1.95. The standard InChI is InChI=1S/C8H6Cl2F3NO2S/c1-4-6(9)2-5(3-7(4)10)14-17(15,16)8(11,12)13/h2-3,14H,1H3. The van der Waals surface area contributed by atoms with Gasteiger partial charge >= 0.3 is 15.5 Å². The molecule has 9 heteroatoms. The Morgan fingerprint density at radius 2 is 1.59 bits per heavy atom. The highest BCUT2D eigenvalue weighted by molar-refractivity contribution is 7.93. The van der Waals surface area contributed by atoms with Gasteiger partial charge in [-0.1, -0.05) is 23.2 Å². The van der Waals surface area contributed by atoms with Gasteiger partial charge in [0.05, 0.1) is 5.69 Å². The Hall–Kier alpha value is -0.660. The van der Waals surface area contributed by atoms with Gasteiger partial charge in [-0.05, 0) is 24.6 Å². The number of alkyl halides is 3. The van der Waals surface area contributed by atoms with Crippen LogP contribution in [0, 0.1) is 6.92 Å². The van der Waals surface area contributed by atoms with Crippen LogP contribution in [0.5, 0.6) is 0 Å². The smallest absolute Gasteiger partial charge is 0.276 e. The Bertz CT molecular complexity index is 519. The van der Waals surface area contributed by atoms with E-state index in [1.165, 1.54) is 4.72 Å². The van der Waals surface area contributed by atoms with Crippen molar-refractivity contribution in [3.8, 4) is 0 Å². The molecule has 17 heavy (non-hydrogen) atoms. The number of anilines is 1. The molecule has 1 aromatic carbocycles. The van der Waals surface area contributed by atoms with Crippen LogP contribution in [0.25, 0.3) is 0 Å². The summed E-state index contributed by atoms with van der Waals surface area (Å²) in [5, 5.41) is 0.134. The lowest BCUT2D eigenvalue weighted by Gasteiger charge is -2.12. The third-order valence-electron chi connectivity index (χ3n) is 1.84. The van der Waals surface area contributed by atoms with Gasteiger partial charge in [-0.3, -0.25) is 4.72 Å². The molecule has 0 amide bonds. The van der Waals surface area contributed by atoms with Crippen molar-refractivity contribution in [2.75, 3.05) is 4.72 Å². The minimum Gasteiger partial charge on any atom is -0.276 e. The quantitative estimate of drug-likeness (QED) is 0.908. The molecule has 3 nitrogen and oxygen atoms in total. The van der Waals surface area contributed by atoms with E-state index in [-0.39, 0.29) is 15.7 Å². The van der Waals surface area contributed by atoms with Crippen molar-refractivity contribution in [3.05, 3.63) is 27.7 Å². The van der Waals surface area contributed by atoms with E-state index in [9.17, 15) is 21.6 Å². The molecule has 96 valence electrons. The second-order valence-corrected chi connectivity index (χ2v) is 5.60. The molecule has 0 aliphatic carbocycles. The SMILES string of the molecule is Cc1c(Cl)cc(NS(=O)(=O)C(F)(F)F)cc1Cl. The van der Waals surface area contributed by atoms with Gasteiger partial charge in [0.25, 0.3) is 0 Å². The summed E-state index contributed by atoms with van der Waals surface area (Å²) < 4.78 is 59.2. The Balaban J connectivity index is 3.14. The summed E-state index contributed by atoms with van der Waals surface area (Å²) in [6, 6.07) is 2.10. The van der Waals surface area contributed by atoms with Crippen LogP contribution < -0.4 is 4.72 Å². The van der Waals surface area contributed by atoms with E-state index >= 15 is 0 Å². The van der Waals surface area contributed by atoms with Gasteiger partial charge in [0.15, 0.2) is 0 Å². The molecular weight excluding hydrogens is 302 g/mol. The second-order valence-electron chi connectivity index (χ2n) is 3.12. The zero-order valence-electron chi connectivity index (χ0n) is 8.27. The van der Waals surface area contributed by atoms with Crippen LogP contribution >= 0.6 is 23.2 Å². The number of benzene rings is 1. The molecule has 0 unspecified atom stereocenters. The maximum Gasteiger partial charge on any atom is 0.516 e. The first-order valence-electron chi connectivity index (χ1n) is 4.09. The average molecular weight is 308 g/mol. The van der Waals surface area contributed by atoms with Crippen LogP contribution in [0.2, 0.25) is 10.0 Å². The van der Waals surface area contributed by atoms with Crippen LogP contribution in [0.4, 0.5) is 18.9 Å². The van der Waals surface area contributed by atoms with Crippen LogP contribution in [0.3, 0.4) is 0 Å². The number of halogens is 5. The minimum absolute atomic E-state index is 0.0670. The summed E-state index contributed by atoms with van der Waals surface area (Å²) >= 11 is 11.3. The van der Waals surface area contributed by atoms with Gasteiger partial charge in [0.1, 0.15) is 0 Å². The Morgan fingerprint density at radius 3 is 1.94 bits per heavy atom. The number of nitrogens with one attached hydrogen (secondary N) is 1. The van der Waals surface area contributed by atoms with Crippen molar-refractivity contribution in [3.63, 3.8) is 0 Å². The Kier molecular flexibility index (Phi) is 3.85. The normalized spacial score (nSPS) is 12.6. The first-order valence-corrected chi connectivity index (χ1v) is 6.33. The Morgan fingerprint density at radius 1 is 1.18 bits per heavy atom. The molecule has 0 saturated heterocycles. The first-order chi connectivity index (χ1) is 7.54. The van der Waals surface area contributed by atoms with Crippen molar-refractivity contribution in [1.29, 1.82) is 0 Å². The lowest BCUT2D eigenvalue weighted by atomic mass is 10.2. The third kappa shape index (κ3) is 3.17. The molecule has 0 bridgehead atoms. The summed E-state index contributed by atoms with van der Waals surface area (Å²) in [6.45, 7) is 1.55. The first kappa shape index (κ1) is 14.4. The van der Waals surface area contributed by atoms with Crippen LogP contribution in [-0.2, 0) is 10.0 Å². The van der Waals surface area contributed by atoms with E-state index in [1.54, 1.807) is 6.92 Å². The van der Waals surface area contributed by atoms with E-state index in [2.05, 4.69) is 0 Å². The topological polar surface area (TPSA) is 46.2 Å². The molecule has 0 aliphatic rings. The summed E-state index contributed by atoms with van der Waals surface area (Å²) in [4.78, 5) is 0. The average Bonchev–Trinajstić information content (AvgIpc) is 2.11. The summed E-state index contributed by atoms with van der Waals surface area (Å²) in [5.74, 6) is 0.